The molecule has 3 heterocycles. The van der Waals surface area contributed by atoms with E-state index in [1.807, 2.05) is 54.6 Å². The Morgan fingerprint density at radius 1 is 0.423 bits per heavy atom. The zero-order valence-corrected chi connectivity index (χ0v) is 28.4. The van der Waals surface area contributed by atoms with Crippen molar-refractivity contribution in [2.75, 3.05) is 0 Å². The van der Waals surface area contributed by atoms with Crippen LogP contribution < -0.4 is 0 Å². The molecule has 0 amide bonds. The second-order valence-corrected chi connectivity index (χ2v) is 14.0. The zero-order chi connectivity index (χ0) is 34.2. The first kappa shape index (κ1) is 29.0. The number of benzene rings is 8. The molecule has 0 aliphatic rings. The van der Waals surface area contributed by atoms with Crippen LogP contribution in [-0.4, -0.2) is 19.9 Å². The smallest absolute Gasteiger partial charge is 0.227 e. The third-order valence-corrected chi connectivity index (χ3v) is 11.2. The van der Waals surface area contributed by atoms with E-state index in [-0.39, 0.29) is 0 Å². The number of fused-ring (bicyclic) bond motifs is 10. The summed E-state index contributed by atoms with van der Waals surface area (Å²) in [5.41, 5.74) is 5.44. The average molecular weight is 683 g/mol. The number of oxazole rings is 1. The maximum absolute atomic E-state index is 6.58. The molecule has 0 radical (unpaired) electrons. The standard InChI is InChI=1S/C46H26N4OS/c1-3-12-28(13-4-1)43-48-44(35-20-11-19-34-32-17-9-10-21-38(32)52-42(34)35)50-45(49-43)36-26-30-23-22-27-24-25-37-41(51-46(47-37)29-14-5-2-6-15-29)40(27)39(30)33-18-8-7-16-31(33)36/h1-26H. The van der Waals surface area contributed by atoms with Gasteiger partial charge < -0.3 is 4.42 Å². The van der Waals surface area contributed by atoms with Crippen LogP contribution in [0, 0.1) is 0 Å². The van der Waals surface area contributed by atoms with Crippen molar-refractivity contribution in [1.82, 2.24) is 19.9 Å². The van der Waals surface area contributed by atoms with E-state index in [0.717, 1.165) is 65.7 Å². The Bertz CT molecular complexity index is 3190. The molecule has 52 heavy (non-hydrogen) atoms. The van der Waals surface area contributed by atoms with Crippen LogP contribution in [0.15, 0.2) is 162 Å². The topological polar surface area (TPSA) is 64.7 Å². The van der Waals surface area contributed by atoms with Gasteiger partial charge in [0, 0.05) is 53.2 Å². The van der Waals surface area contributed by atoms with Crippen molar-refractivity contribution in [3.8, 4) is 45.6 Å². The lowest BCUT2D eigenvalue weighted by Crippen LogP contribution is -2.01. The van der Waals surface area contributed by atoms with Crippen molar-refractivity contribution in [3.05, 3.63) is 158 Å². The van der Waals surface area contributed by atoms with Crippen LogP contribution >= 0.6 is 11.3 Å². The minimum absolute atomic E-state index is 0.612. The Morgan fingerprint density at radius 2 is 1.06 bits per heavy atom. The monoisotopic (exact) mass is 682 g/mol. The van der Waals surface area contributed by atoms with Gasteiger partial charge in [0.25, 0.3) is 0 Å². The number of hydrogen-bond acceptors (Lipinski definition) is 6. The van der Waals surface area contributed by atoms with Gasteiger partial charge in [-0.15, -0.1) is 11.3 Å². The quantitative estimate of drug-likeness (QED) is 0.173. The summed E-state index contributed by atoms with van der Waals surface area (Å²) >= 11 is 1.78. The number of aromatic nitrogens is 4. The van der Waals surface area contributed by atoms with E-state index in [9.17, 15) is 0 Å². The van der Waals surface area contributed by atoms with Gasteiger partial charge in [0.2, 0.25) is 5.89 Å². The molecule has 11 rings (SSSR count). The van der Waals surface area contributed by atoms with Crippen molar-refractivity contribution in [3.63, 3.8) is 0 Å². The molecule has 0 unspecified atom stereocenters. The fourth-order valence-corrected chi connectivity index (χ4v) is 8.75. The van der Waals surface area contributed by atoms with Crippen molar-refractivity contribution < 1.29 is 4.42 Å². The van der Waals surface area contributed by atoms with Gasteiger partial charge in [0.15, 0.2) is 23.1 Å². The summed E-state index contributed by atoms with van der Waals surface area (Å²) in [4.78, 5) is 20.5. The Balaban J connectivity index is 1.19. The first-order chi connectivity index (χ1) is 25.8. The number of hydrogen-bond donors (Lipinski definition) is 0. The largest absolute Gasteiger partial charge is 0.435 e. The summed E-state index contributed by atoms with van der Waals surface area (Å²) in [7, 11) is 0. The first-order valence-electron chi connectivity index (χ1n) is 17.2. The summed E-state index contributed by atoms with van der Waals surface area (Å²) in [6.45, 7) is 0. The van der Waals surface area contributed by atoms with Crippen LogP contribution in [0.4, 0.5) is 0 Å². The van der Waals surface area contributed by atoms with Gasteiger partial charge >= 0.3 is 0 Å². The van der Waals surface area contributed by atoms with Gasteiger partial charge in [0.05, 0.1) is 0 Å². The van der Waals surface area contributed by atoms with E-state index in [1.54, 1.807) is 11.3 Å². The van der Waals surface area contributed by atoms with Crippen LogP contribution in [0.2, 0.25) is 0 Å². The van der Waals surface area contributed by atoms with Crippen molar-refractivity contribution >= 4 is 74.9 Å². The predicted octanol–water partition coefficient (Wildman–Crippen LogP) is 12.5. The molecule has 0 atom stereocenters. The summed E-state index contributed by atoms with van der Waals surface area (Å²) in [6, 6.07) is 54.5. The maximum atomic E-state index is 6.58. The fourth-order valence-electron chi connectivity index (χ4n) is 7.54. The van der Waals surface area contributed by atoms with E-state index in [1.165, 1.54) is 20.2 Å². The van der Waals surface area contributed by atoms with Gasteiger partial charge in [0.1, 0.15) is 5.52 Å². The second kappa shape index (κ2) is 11.4. The lowest BCUT2D eigenvalue weighted by molar-refractivity contribution is 0.623. The van der Waals surface area contributed by atoms with Crippen molar-refractivity contribution in [2.24, 2.45) is 0 Å². The van der Waals surface area contributed by atoms with E-state index in [2.05, 4.69) is 103 Å². The minimum Gasteiger partial charge on any atom is -0.435 e. The Hall–Kier alpha value is -6.76. The van der Waals surface area contributed by atoms with E-state index >= 15 is 0 Å². The van der Waals surface area contributed by atoms with Crippen LogP contribution in [-0.2, 0) is 0 Å². The van der Waals surface area contributed by atoms with E-state index in [0.29, 0.717) is 23.4 Å². The van der Waals surface area contributed by atoms with Crippen molar-refractivity contribution in [2.45, 2.75) is 0 Å². The summed E-state index contributed by atoms with van der Waals surface area (Å²) in [5, 5.41) is 8.93. The molecule has 242 valence electrons. The molecule has 5 nitrogen and oxygen atoms in total. The molecule has 3 aromatic heterocycles. The molecule has 0 saturated carbocycles. The normalized spacial score (nSPS) is 11.8. The molecule has 11 aromatic rings. The van der Waals surface area contributed by atoms with Gasteiger partial charge in [-0.1, -0.05) is 121 Å². The molecule has 0 aliphatic carbocycles. The van der Waals surface area contributed by atoms with Crippen LogP contribution in [0.3, 0.4) is 0 Å². The van der Waals surface area contributed by atoms with E-state index in [4.69, 9.17) is 24.4 Å². The minimum atomic E-state index is 0.612. The Labute approximate surface area is 301 Å². The highest BCUT2D eigenvalue weighted by atomic mass is 32.1. The van der Waals surface area contributed by atoms with Crippen LogP contribution in [0.1, 0.15) is 0 Å². The van der Waals surface area contributed by atoms with Crippen LogP contribution in [0.25, 0.3) is 109 Å². The number of rotatable bonds is 4. The molecule has 6 heteroatoms. The molecular formula is C46H26N4OS. The number of thiophene rings is 1. The third kappa shape index (κ3) is 4.48. The first-order valence-corrected chi connectivity index (χ1v) is 18.0. The second-order valence-electron chi connectivity index (χ2n) is 13.0. The SMILES string of the molecule is c1ccc(-c2nc(-c3cc4ccc5ccc6nc(-c7ccccc7)oc6c5c4c4ccccc34)nc(-c3cccc4c3sc3ccccc34)n2)cc1. The van der Waals surface area contributed by atoms with Gasteiger partial charge in [-0.25, -0.2) is 19.9 Å². The summed E-state index contributed by atoms with van der Waals surface area (Å²) in [6.07, 6.45) is 0. The lowest BCUT2D eigenvalue weighted by atomic mass is 9.92. The predicted molar refractivity (Wildman–Crippen MR) is 215 cm³/mol. The molecule has 0 saturated heterocycles. The van der Waals surface area contributed by atoms with Gasteiger partial charge in [-0.3, -0.25) is 0 Å². The highest BCUT2D eigenvalue weighted by molar-refractivity contribution is 7.26. The fraction of sp³-hybridized carbons (Fsp3) is 0. The summed E-state index contributed by atoms with van der Waals surface area (Å²) < 4.78 is 8.99. The van der Waals surface area contributed by atoms with Gasteiger partial charge in [-0.2, -0.15) is 0 Å². The van der Waals surface area contributed by atoms with E-state index < -0.39 is 0 Å². The Morgan fingerprint density at radius 3 is 1.88 bits per heavy atom. The molecule has 0 N–H and O–H groups in total. The molecule has 0 spiro atoms. The zero-order valence-electron chi connectivity index (χ0n) is 27.6. The lowest BCUT2D eigenvalue weighted by Gasteiger charge is -2.14. The molecule has 0 aliphatic heterocycles. The Kier molecular flexibility index (Phi) is 6.35. The third-order valence-electron chi connectivity index (χ3n) is 9.93. The molecule has 0 bridgehead atoms. The highest BCUT2D eigenvalue weighted by Gasteiger charge is 2.20. The molecule has 0 fully saturated rings. The average Bonchev–Trinajstić information content (AvgIpc) is 3.83. The molecular weight excluding hydrogens is 657 g/mol. The van der Waals surface area contributed by atoms with Crippen LogP contribution in [0.5, 0.6) is 0 Å². The van der Waals surface area contributed by atoms with Gasteiger partial charge in [-0.05, 0) is 57.9 Å². The van der Waals surface area contributed by atoms with Crippen molar-refractivity contribution in [1.29, 1.82) is 0 Å². The highest BCUT2D eigenvalue weighted by Crippen LogP contribution is 2.43. The molecule has 8 aromatic carbocycles. The summed E-state index contributed by atoms with van der Waals surface area (Å²) in [5.74, 6) is 2.53. The maximum Gasteiger partial charge on any atom is 0.227 e. The number of nitrogens with zero attached hydrogens (tertiary/aromatic N) is 4.